The van der Waals surface area contributed by atoms with E-state index < -0.39 is 5.97 Å². The molecule has 2 rings (SSSR count). The first-order valence-electron chi connectivity index (χ1n) is 6.18. The minimum absolute atomic E-state index is 0.0291. The van der Waals surface area contributed by atoms with Gasteiger partial charge in [-0.05, 0) is 51.5 Å². The third-order valence-corrected chi connectivity index (χ3v) is 3.36. The molecule has 0 saturated carbocycles. The van der Waals surface area contributed by atoms with Gasteiger partial charge in [-0.3, -0.25) is 9.48 Å². The summed E-state index contributed by atoms with van der Waals surface area (Å²) >= 11 is 0. The summed E-state index contributed by atoms with van der Waals surface area (Å²) < 4.78 is 2.05. The van der Waals surface area contributed by atoms with Crippen LogP contribution in [0.2, 0.25) is 0 Å². The maximum absolute atomic E-state index is 10.9. The van der Waals surface area contributed by atoms with Gasteiger partial charge in [-0.15, -0.1) is 0 Å². The van der Waals surface area contributed by atoms with Crippen molar-refractivity contribution in [3.05, 3.63) is 17.5 Å². The second-order valence-electron chi connectivity index (χ2n) is 5.82. The molecule has 4 nitrogen and oxygen atoms in total. The minimum Gasteiger partial charge on any atom is -0.481 e. The molecule has 1 aliphatic carbocycles. The molecule has 0 aromatic carbocycles. The van der Waals surface area contributed by atoms with Crippen LogP contribution in [-0.4, -0.2) is 20.9 Å². The normalized spacial score (nSPS) is 20.1. The highest BCUT2D eigenvalue weighted by Gasteiger charge is 2.29. The van der Waals surface area contributed by atoms with E-state index in [4.69, 9.17) is 5.11 Å². The molecular formula is C13H20N2O2. The van der Waals surface area contributed by atoms with Crippen molar-refractivity contribution in [1.82, 2.24) is 9.78 Å². The van der Waals surface area contributed by atoms with Crippen LogP contribution in [0.25, 0.3) is 0 Å². The first-order valence-corrected chi connectivity index (χ1v) is 6.18. The van der Waals surface area contributed by atoms with Crippen molar-refractivity contribution in [2.45, 2.75) is 57.9 Å². The zero-order valence-electron chi connectivity index (χ0n) is 10.7. The molecule has 1 aromatic heterocycles. The first-order chi connectivity index (χ1) is 7.89. The summed E-state index contributed by atoms with van der Waals surface area (Å²) in [5.74, 6) is -0.571. The average Bonchev–Trinajstić information content (AvgIpc) is 2.60. The van der Waals surface area contributed by atoms with Crippen LogP contribution in [0.15, 0.2) is 6.20 Å². The molecule has 1 aliphatic rings. The molecule has 1 N–H and O–H groups in total. The molecular weight excluding hydrogens is 216 g/mol. The standard InChI is InChI=1S/C13H20N2O2/c1-13(2,3)15-11-6-4-5-9(7-12(16)17)10(11)8-14-15/h8-9H,4-7H2,1-3H3,(H,16,17). The number of carbonyl (C=O) groups is 1. The van der Waals surface area contributed by atoms with Crippen molar-refractivity contribution in [2.75, 3.05) is 0 Å². The van der Waals surface area contributed by atoms with Crippen LogP contribution in [0.4, 0.5) is 0 Å². The lowest BCUT2D eigenvalue weighted by Gasteiger charge is -2.27. The van der Waals surface area contributed by atoms with Gasteiger partial charge in [0.05, 0.1) is 18.2 Å². The Morgan fingerprint density at radius 3 is 2.88 bits per heavy atom. The second-order valence-corrected chi connectivity index (χ2v) is 5.82. The Labute approximate surface area is 102 Å². The van der Waals surface area contributed by atoms with Crippen LogP contribution < -0.4 is 0 Å². The Morgan fingerprint density at radius 1 is 1.59 bits per heavy atom. The molecule has 0 aliphatic heterocycles. The number of aromatic nitrogens is 2. The Morgan fingerprint density at radius 2 is 2.29 bits per heavy atom. The van der Waals surface area contributed by atoms with Crippen LogP contribution in [0.3, 0.4) is 0 Å². The highest BCUT2D eigenvalue weighted by Crippen LogP contribution is 2.35. The van der Waals surface area contributed by atoms with Gasteiger partial charge in [0, 0.05) is 5.69 Å². The van der Waals surface area contributed by atoms with E-state index in [1.165, 1.54) is 5.69 Å². The van der Waals surface area contributed by atoms with Crippen molar-refractivity contribution < 1.29 is 9.90 Å². The van der Waals surface area contributed by atoms with Crippen molar-refractivity contribution in [3.63, 3.8) is 0 Å². The summed E-state index contributed by atoms with van der Waals surface area (Å²) in [6.45, 7) is 6.38. The van der Waals surface area contributed by atoms with E-state index in [9.17, 15) is 4.79 Å². The fraction of sp³-hybridized carbons (Fsp3) is 0.692. The van der Waals surface area contributed by atoms with Crippen molar-refractivity contribution in [3.8, 4) is 0 Å². The topological polar surface area (TPSA) is 55.1 Å². The highest BCUT2D eigenvalue weighted by atomic mass is 16.4. The summed E-state index contributed by atoms with van der Waals surface area (Å²) in [5.41, 5.74) is 2.35. The predicted octanol–water partition coefficient (Wildman–Crippen LogP) is 2.53. The quantitative estimate of drug-likeness (QED) is 0.858. The molecule has 0 amide bonds. The van der Waals surface area contributed by atoms with Crippen LogP contribution in [0, 0.1) is 0 Å². The summed E-state index contributed by atoms with van der Waals surface area (Å²) in [4.78, 5) is 10.9. The van der Waals surface area contributed by atoms with Gasteiger partial charge >= 0.3 is 5.97 Å². The Bertz CT molecular complexity index is 429. The number of rotatable bonds is 2. The molecule has 1 heterocycles. The van der Waals surface area contributed by atoms with E-state index in [-0.39, 0.29) is 17.9 Å². The number of carboxylic acids is 1. The average molecular weight is 236 g/mol. The summed E-state index contributed by atoms with van der Waals surface area (Å²) in [7, 11) is 0. The number of hydrogen-bond donors (Lipinski definition) is 1. The van der Waals surface area contributed by atoms with Gasteiger partial charge in [0.1, 0.15) is 0 Å². The van der Waals surface area contributed by atoms with Gasteiger partial charge in [0.25, 0.3) is 0 Å². The molecule has 0 bridgehead atoms. The van der Waals surface area contributed by atoms with Crippen LogP contribution in [0.1, 0.15) is 57.2 Å². The number of hydrogen-bond acceptors (Lipinski definition) is 2. The molecule has 0 radical (unpaired) electrons. The fourth-order valence-electron chi connectivity index (χ4n) is 2.65. The molecule has 0 saturated heterocycles. The van der Waals surface area contributed by atoms with Gasteiger partial charge in [-0.1, -0.05) is 0 Å². The van der Waals surface area contributed by atoms with Crippen LogP contribution in [0.5, 0.6) is 0 Å². The van der Waals surface area contributed by atoms with Crippen LogP contribution in [-0.2, 0) is 16.8 Å². The largest absolute Gasteiger partial charge is 0.481 e. The first kappa shape index (κ1) is 12.1. The lowest BCUT2D eigenvalue weighted by Crippen LogP contribution is -2.27. The lowest BCUT2D eigenvalue weighted by molar-refractivity contribution is -0.137. The number of nitrogens with zero attached hydrogens (tertiary/aromatic N) is 2. The number of carboxylic acid groups (broad SMARTS) is 1. The summed E-state index contributed by atoms with van der Waals surface area (Å²) in [6, 6.07) is 0. The van der Waals surface area contributed by atoms with Crippen LogP contribution >= 0.6 is 0 Å². The molecule has 0 spiro atoms. The fourth-order valence-corrected chi connectivity index (χ4v) is 2.65. The number of aliphatic carboxylic acids is 1. The van der Waals surface area contributed by atoms with E-state index >= 15 is 0 Å². The van der Waals surface area contributed by atoms with Gasteiger partial charge < -0.3 is 5.11 Å². The Kier molecular flexibility index (Phi) is 2.98. The van der Waals surface area contributed by atoms with E-state index in [0.717, 1.165) is 24.8 Å². The third kappa shape index (κ3) is 2.35. The maximum atomic E-state index is 10.9. The van der Waals surface area contributed by atoms with Gasteiger partial charge in [0.2, 0.25) is 0 Å². The Balaban J connectivity index is 2.35. The molecule has 0 fully saturated rings. The highest BCUT2D eigenvalue weighted by molar-refractivity contribution is 5.68. The molecule has 1 atom stereocenters. The van der Waals surface area contributed by atoms with Gasteiger partial charge in [-0.25, -0.2) is 0 Å². The van der Waals surface area contributed by atoms with Gasteiger partial charge in [-0.2, -0.15) is 5.10 Å². The molecule has 4 heteroatoms. The molecule has 1 aromatic rings. The van der Waals surface area contributed by atoms with E-state index in [1.807, 2.05) is 6.20 Å². The summed E-state index contributed by atoms with van der Waals surface area (Å²) in [5, 5.41) is 13.4. The van der Waals surface area contributed by atoms with E-state index in [1.54, 1.807) is 0 Å². The summed E-state index contributed by atoms with van der Waals surface area (Å²) in [6.07, 6.45) is 5.14. The third-order valence-electron chi connectivity index (χ3n) is 3.36. The smallest absolute Gasteiger partial charge is 0.303 e. The number of fused-ring (bicyclic) bond motifs is 1. The Hall–Kier alpha value is -1.32. The minimum atomic E-state index is -0.716. The van der Waals surface area contributed by atoms with Crippen molar-refractivity contribution >= 4 is 5.97 Å². The molecule has 94 valence electrons. The molecule has 1 unspecified atom stereocenters. The van der Waals surface area contributed by atoms with Crippen molar-refractivity contribution in [2.24, 2.45) is 0 Å². The lowest BCUT2D eigenvalue weighted by atomic mass is 9.84. The monoisotopic (exact) mass is 236 g/mol. The van der Waals surface area contributed by atoms with Gasteiger partial charge in [0.15, 0.2) is 0 Å². The van der Waals surface area contributed by atoms with E-state index in [2.05, 4.69) is 30.6 Å². The van der Waals surface area contributed by atoms with E-state index in [0.29, 0.717) is 0 Å². The SMILES string of the molecule is CC(C)(C)n1ncc2c1CCCC2CC(=O)O. The van der Waals surface area contributed by atoms with Crippen molar-refractivity contribution in [1.29, 1.82) is 0 Å². The molecule has 17 heavy (non-hydrogen) atoms. The maximum Gasteiger partial charge on any atom is 0.303 e. The second kappa shape index (κ2) is 4.17. The predicted molar refractivity (Wildman–Crippen MR) is 65.2 cm³/mol. The zero-order valence-corrected chi connectivity index (χ0v) is 10.7. The zero-order chi connectivity index (χ0) is 12.6.